The summed E-state index contributed by atoms with van der Waals surface area (Å²) >= 11 is 0. The van der Waals surface area contributed by atoms with Crippen molar-refractivity contribution < 1.29 is 4.79 Å². The standard InChI is InChI=1S/C29H25N3O/c33-28-17-24(19-31(28)18-21-9-2-1-3-10-21)29-30-26-15-6-7-16-27(26)32(29)20-23-13-8-12-22-11-4-5-14-25(22)23/h1-16,24H,17-20H2. The van der Waals surface area contributed by atoms with Crippen molar-refractivity contribution >= 4 is 27.7 Å². The molecule has 1 saturated heterocycles. The summed E-state index contributed by atoms with van der Waals surface area (Å²) in [5.74, 6) is 1.30. The van der Waals surface area contributed by atoms with E-state index >= 15 is 0 Å². The van der Waals surface area contributed by atoms with Crippen LogP contribution in [0.1, 0.15) is 29.3 Å². The second-order valence-electron chi connectivity index (χ2n) is 8.84. The minimum absolute atomic E-state index is 0.0867. The van der Waals surface area contributed by atoms with Crippen LogP contribution in [0.3, 0.4) is 0 Å². The van der Waals surface area contributed by atoms with Crippen LogP contribution < -0.4 is 0 Å². The molecule has 1 atom stereocenters. The molecule has 1 amide bonds. The summed E-state index contributed by atoms with van der Waals surface area (Å²) in [7, 11) is 0. The van der Waals surface area contributed by atoms with Crippen LogP contribution in [0.5, 0.6) is 0 Å². The third-order valence-electron chi connectivity index (χ3n) is 6.69. The quantitative estimate of drug-likeness (QED) is 0.355. The van der Waals surface area contributed by atoms with E-state index in [4.69, 9.17) is 4.98 Å². The number of nitrogens with zero attached hydrogens (tertiary/aromatic N) is 3. The minimum atomic E-state index is 0.0867. The predicted octanol–water partition coefficient (Wildman–Crippen LogP) is 5.75. The van der Waals surface area contributed by atoms with Gasteiger partial charge in [0.2, 0.25) is 5.91 Å². The van der Waals surface area contributed by atoms with Crippen LogP contribution in [-0.4, -0.2) is 26.9 Å². The first kappa shape index (κ1) is 19.7. The molecule has 4 nitrogen and oxygen atoms in total. The maximum absolute atomic E-state index is 12.9. The van der Waals surface area contributed by atoms with E-state index in [-0.39, 0.29) is 11.8 Å². The zero-order valence-corrected chi connectivity index (χ0v) is 18.4. The van der Waals surface area contributed by atoms with Gasteiger partial charge in [0.15, 0.2) is 0 Å². The van der Waals surface area contributed by atoms with Crippen LogP contribution in [-0.2, 0) is 17.9 Å². The topological polar surface area (TPSA) is 38.1 Å². The lowest BCUT2D eigenvalue weighted by Crippen LogP contribution is -2.24. The number of likely N-dealkylation sites (tertiary alicyclic amines) is 1. The maximum Gasteiger partial charge on any atom is 0.223 e. The highest BCUT2D eigenvalue weighted by atomic mass is 16.2. The number of rotatable bonds is 5. The van der Waals surface area contributed by atoms with E-state index in [1.54, 1.807) is 0 Å². The van der Waals surface area contributed by atoms with Gasteiger partial charge in [-0.1, -0.05) is 84.9 Å². The molecule has 0 radical (unpaired) electrons. The van der Waals surface area contributed by atoms with Gasteiger partial charge < -0.3 is 9.47 Å². The first-order valence-corrected chi connectivity index (χ1v) is 11.5. The van der Waals surface area contributed by atoms with Crippen molar-refractivity contribution in [1.82, 2.24) is 14.5 Å². The molecule has 1 aliphatic rings. The average Bonchev–Trinajstić information content (AvgIpc) is 3.40. The molecule has 162 valence electrons. The van der Waals surface area contributed by atoms with Gasteiger partial charge in [-0.25, -0.2) is 4.98 Å². The molecule has 0 saturated carbocycles. The van der Waals surface area contributed by atoms with Crippen LogP contribution in [0.4, 0.5) is 0 Å². The molecule has 0 aliphatic carbocycles. The Balaban J connectivity index is 1.37. The van der Waals surface area contributed by atoms with E-state index in [1.807, 2.05) is 29.2 Å². The summed E-state index contributed by atoms with van der Waals surface area (Å²) in [6, 6.07) is 33.5. The molecular weight excluding hydrogens is 406 g/mol. The monoisotopic (exact) mass is 431 g/mol. The number of benzene rings is 4. The molecule has 2 heterocycles. The Morgan fingerprint density at radius 3 is 2.45 bits per heavy atom. The fourth-order valence-electron chi connectivity index (χ4n) is 5.07. The number of hydrogen-bond acceptors (Lipinski definition) is 2. The van der Waals surface area contributed by atoms with E-state index in [2.05, 4.69) is 77.4 Å². The molecule has 5 aromatic rings. The van der Waals surface area contributed by atoms with Crippen LogP contribution >= 0.6 is 0 Å². The first-order chi connectivity index (χ1) is 16.3. The highest BCUT2D eigenvalue weighted by molar-refractivity contribution is 5.86. The Morgan fingerprint density at radius 1 is 0.788 bits per heavy atom. The molecule has 1 aliphatic heterocycles. The lowest BCUT2D eigenvalue weighted by atomic mass is 10.0. The van der Waals surface area contributed by atoms with Crippen LogP contribution in [0, 0.1) is 0 Å². The fraction of sp³-hybridized carbons (Fsp3) is 0.172. The zero-order chi connectivity index (χ0) is 22.2. The molecule has 1 unspecified atom stereocenters. The maximum atomic E-state index is 12.9. The zero-order valence-electron chi connectivity index (χ0n) is 18.4. The number of imidazole rings is 1. The van der Waals surface area contributed by atoms with E-state index in [0.717, 1.165) is 29.0 Å². The van der Waals surface area contributed by atoms with Crippen molar-refractivity contribution in [3.63, 3.8) is 0 Å². The van der Waals surface area contributed by atoms with Crippen LogP contribution in [0.2, 0.25) is 0 Å². The van der Waals surface area contributed by atoms with E-state index in [1.165, 1.54) is 16.3 Å². The molecule has 1 fully saturated rings. The summed E-state index contributed by atoms with van der Waals surface area (Å²) in [4.78, 5) is 19.9. The molecule has 4 aromatic carbocycles. The SMILES string of the molecule is O=C1CC(c2nc3ccccc3n2Cc2cccc3ccccc23)CN1Cc1ccccc1. The summed E-state index contributed by atoms with van der Waals surface area (Å²) in [6.07, 6.45) is 0.506. The Hall–Kier alpha value is -3.92. The molecule has 0 N–H and O–H groups in total. The Morgan fingerprint density at radius 2 is 1.55 bits per heavy atom. The van der Waals surface area contributed by atoms with E-state index in [0.29, 0.717) is 19.5 Å². The number of carbonyl (C=O) groups excluding carboxylic acids is 1. The van der Waals surface area contributed by atoms with Crippen molar-refractivity contribution in [2.75, 3.05) is 6.54 Å². The predicted molar refractivity (Wildman–Crippen MR) is 132 cm³/mol. The van der Waals surface area contributed by atoms with E-state index in [9.17, 15) is 4.79 Å². The van der Waals surface area contributed by atoms with Gasteiger partial charge in [-0.05, 0) is 34.0 Å². The van der Waals surface area contributed by atoms with Gasteiger partial charge in [0, 0.05) is 32.0 Å². The molecule has 4 heteroatoms. The van der Waals surface area contributed by atoms with Crippen molar-refractivity contribution in [2.24, 2.45) is 0 Å². The lowest BCUT2D eigenvalue weighted by Gasteiger charge is -2.18. The van der Waals surface area contributed by atoms with Crippen LogP contribution in [0.15, 0.2) is 97.1 Å². The number of carbonyl (C=O) groups is 1. The Bertz CT molecular complexity index is 1450. The Labute approximate surface area is 193 Å². The van der Waals surface area contributed by atoms with Gasteiger partial charge in [-0.3, -0.25) is 4.79 Å². The third kappa shape index (κ3) is 3.68. The first-order valence-electron chi connectivity index (χ1n) is 11.5. The second-order valence-corrected chi connectivity index (χ2v) is 8.84. The fourth-order valence-corrected chi connectivity index (χ4v) is 5.07. The number of aromatic nitrogens is 2. The molecule has 1 aromatic heterocycles. The highest BCUT2D eigenvalue weighted by Crippen LogP contribution is 2.32. The van der Waals surface area contributed by atoms with Gasteiger partial charge >= 0.3 is 0 Å². The van der Waals surface area contributed by atoms with Crippen LogP contribution in [0.25, 0.3) is 21.8 Å². The van der Waals surface area contributed by atoms with Crippen molar-refractivity contribution in [3.8, 4) is 0 Å². The normalized spacial score (nSPS) is 16.2. The van der Waals surface area contributed by atoms with Gasteiger partial charge in [0.05, 0.1) is 11.0 Å². The Kier molecular flexibility index (Phi) is 4.91. The van der Waals surface area contributed by atoms with Crippen molar-refractivity contribution in [3.05, 3.63) is 114 Å². The van der Waals surface area contributed by atoms with Gasteiger partial charge in [0.1, 0.15) is 5.82 Å². The smallest absolute Gasteiger partial charge is 0.223 e. The van der Waals surface area contributed by atoms with Gasteiger partial charge in [0.25, 0.3) is 0 Å². The largest absolute Gasteiger partial charge is 0.338 e. The number of para-hydroxylation sites is 2. The summed E-state index contributed by atoms with van der Waals surface area (Å²) in [6.45, 7) is 2.09. The molecule has 6 rings (SSSR count). The van der Waals surface area contributed by atoms with Gasteiger partial charge in [-0.15, -0.1) is 0 Å². The molecule has 0 bridgehead atoms. The lowest BCUT2D eigenvalue weighted by molar-refractivity contribution is -0.128. The number of hydrogen-bond donors (Lipinski definition) is 0. The number of fused-ring (bicyclic) bond motifs is 2. The number of amides is 1. The summed E-state index contributed by atoms with van der Waals surface area (Å²) in [5, 5.41) is 2.50. The average molecular weight is 432 g/mol. The van der Waals surface area contributed by atoms with Gasteiger partial charge in [-0.2, -0.15) is 0 Å². The van der Waals surface area contributed by atoms with E-state index < -0.39 is 0 Å². The third-order valence-corrected chi connectivity index (χ3v) is 6.69. The molecular formula is C29H25N3O. The molecule has 33 heavy (non-hydrogen) atoms. The van der Waals surface area contributed by atoms with Crippen molar-refractivity contribution in [2.45, 2.75) is 25.4 Å². The highest BCUT2D eigenvalue weighted by Gasteiger charge is 2.34. The summed E-state index contributed by atoms with van der Waals surface area (Å²) < 4.78 is 2.32. The second kappa shape index (κ2) is 8.21. The molecule has 0 spiro atoms. The summed E-state index contributed by atoms with van der Waals surface area (Å²) in [5.41, 5.74) is 4.54. The van der Waals surface area contributed by atoms with Crippen molar-refractivity contribution in [1.29, 1.82) is 0 Å². The minimum Gasteiger partial charge on any atom is -0.338 e.